The summed E-state index contributed by atoms with van der Waals surface area (Å²) in [7, 11) is 1.90. The van der Waals surface area contributed by atoms with Crippen molar-refractivity contribution >= 4 is 27.5 Å². The molecule has 2 aromatic rings. The van der Waals surface area contributed by atoms with Crippen LogP contribution >= 0.6 is 11.3 Å². The van der Waals surface area contributed by atoms with Crippen molar-refractivity contribution in [2.45, 2.75) is 44.4 Å². The van der Waals surface area contributed by atoms with E-state index in [0.29, 0.717) is 18.8 Å². The second kappa shape index (κ2) is 4.07. The van der Waals surface area contributed by atoms with Gasteiger partial charge in [-0.3, -0.25) is 9.48 Å². The highest BCUT2D eigenvalue weighted by Crippen LogP contribution is 2.47. The molecule has 0 saturated heterocycles. The maximum Gasteiger partial charge on any atom is 0.315 e. The quantitative estimate of drug-likeness (QED) is 0.937. The highest BCUT2D eigenvalue weighted by atomic mass is 32.1. The monoisotopic (exact) mass is 278 g/mol. The van der Waals surface area contributed by atoms with Crippen LogP contribution in [0.2, 0.25) is 0 Å². The predicted octanol–water partition coefficient (Wildman–Crippen LogP) is 3.26. The third kappa shape index (κ3) is 1.64. The van der Waals surface area contributed by atoms with Crippen LogP contribution in [0.15, 0.2) is 6.07 Å². The lowest BCUT2D eigenvalue weighted by Gasteiger charge is -2.36. The summed E-state index contributed by atoms with van der Waals surface area (Å²) in [6.07, 6.45) is 2.40. The fourth-order valence-electron chi connectivity index (χ4n) is 2.74. The largest absolute Gasteiger partial charge is 0.481 e. The molecule has 1 fully saturated rings. The number of aromatic nitrogens is 2. The average Bonchev–Trinajstić information content (AvgIpc) is 2.79. The van der Waals surface area contributed by atoms with E-state index in [1.165, 1.54) is 4.88 Å². The highest BCUT2D eigenvalue weighted by Gasteiger charge is 2.49. The Morgan fingerprint density at radius 1 is 1.53 bits per heavy atom. The molecular formula is C14H18N2O2S. The minimum atomic E-state index is -0.737. The van der Waals surface area contributed by atoms with E-state index in [9.17, 15) is 9.90 Å². The Balaban J connectivity index is 2.21. The zero-order valence-electron chi connectivity index (χ0n) is 11.4. The van der Waals surface area contributed by atoms with Crippen molar-refractivity contribution < 1.29 is 9.90 Å². The fourth-order valence-corrected chi connectivity index (χ4v) is 4.01. The molecule has 1 N–H and O–H groups in total. The number of hydrogen-bond donors (Lipinski definition) is 1. The maximum atomic E-state index is 11.7. The minimum Gasteiger partial charge on any atom is -0.481 e. The molecule has 1 aliphatic carbocycles. The molecule has 0 aliphatic heterocycles. The molecule has 1 aliphatic rings. The van der Waals surface area contributed by atoms with Crippen LogP contribution in [0.5, 0.6) is 0 Å². The first-order valence-corrected chi connectivity index (χ1v) is 7.47. The van der Waals surface area contributed by atoms with Crippen molar-refractivity contribution in [1.82, 2.24) is 9.78 Å². The Labute approximate surface area is 116 Å². The van der Waals surface area contributed by atoms with E-state index in [2.05, 4.69) is 25.0 Å². The Kier molecular flexibility index (Phi) is 2.71. The first-order chi connectivity index (χ1) is 8.95. The van der Waals surface area contributed by atoms with Gasteiger partial charge in [0.25, 0.3) is 0 Å². The minimum absolute atomic E-state index is 0.465. The van der Waals surface area contributed by atoms with Gasteiger partial charge in [-0.05, 0) is 24.8 Å². The molecule has 102 valence electrons. The summed E-state index contributed by atoms with van der Waals surface area (Å²) in [4.78, 5) is 12.9. The molecule has 2 aromatic heterocycles. The van der Waals surface area contributed by atoms with Crippen molar-refractivity contribution in [2.75, 3.05) is 0 Å². The average molecular weight is 278 g/mol. The number of thiophene rings is 1. The van der Waals surface area contributed by atoms with Crippen LogP contribution in [0.4, 0.5) is 0 Å². The van der Waals surface area contributed by atoms with Gasteiger partial charge >= 0.3 is 5.97 Å². The molecule has 0 radical (unpaired) electrons. The number of fused-ring (bicyclic) bond motifs is 1. The molecule has 0 aromatic carbocycles. The number of rotatable bonds is 3. The zero-order chi connectivity index (χ0) is 13.8. The molecule has 3 rings (SSSR count). The van der Waals surface area contributed by atoms with Crippen LogP contribution < -0.4 is 0 Å². The standard InChI is InChI=1S/C14H18N2O2S/c1-8(2)10-7-9-11(19-10)12(15-16(9)3)14(13(17)18)5-4-6-14/h7-8H,4-6H2,1-3H3,(H,17,18). The lowest BCUT2D eigenvalue weighted by atomic mass is 9.66. The second-order valence-corrected chi connectivity index (χ2v) is 6.81. The summed E-state index contributed by atoms with van der Waals surface area (Å²) >= 11 is 1.70. The summed E-state index contributed by atoms with van der Waals surface area (Å²) in [6, 6.07) is 2.15. The summed E-state index contributed by atoms with van der Waals surface area (Å²) in [6.45, 7) is 4.32. The predicted molar refractivity (Wildman–Crippen MR) is 75.8 cm³/mol. The summed E-state index contributed by atoms with van der Waals surface area (Å²) in [5.74, 6) is -0.259. The SMILES string of the molecule is CC(C)c1cc2c(s1)c(C1(C(=O)O)CCC1)nn2C. The van der Waals surface area contributed by atoms with Gasteiger partial charge in [0, 0.05) is 11.9 Å². The Morgan fingerprint density at radius 3 is 2.68 bits per heavy atom. The lowest BCUT2D eigenvalue weighted by Crippen LogP contribution is -2.42. The van der Waals surface area contributed by atoms with Crippen molar-refractivity contribution in [3.05, 3.63) is 16.6 Å². The van der Waals surface area contributed by atoms with Gasteiger partial charge in [0.05, 0.1) is 15.9 Å². The lowest BCUT2D eigenvalue weighted by molar-refractivity contribution is -0.147. The summed E-state index contributed by atoms with van der Waals surface area (Å²) in [5, 5.41) is 14.1. The molecule has 0 bridgehead atoms. The smallest absolute Gasteiger partial charge is 0.315 e. The molecule has 2 heterocycles. The number of aliphatic carboxylic acids is 1. The second-order valence-electron chi connectivity index (χ2n) is 5.73. The van der Waals surface area contributed by atoms with E-state index < -0.39 is 11.4 Å². The normalized spacial score (nSPS) is 17.9. The molecule has 1 saturated carbocycles. The maximum absolute atomic E-state index is 11.7. The van der Waals surface area contributed by atoms with Gasteiger partial charge in [-0.25, -0.2) is 0 Å². The van der Waals surface area contributed by atoms with Gasteiger partial charge < -0.3 is 5.11 Å². The highest BCUT2D eigenvalue weighted by molar-refractivity contribution is 7.19. The van der Waals surface area contributed by atoms with Gasteiger partial charge in [-0.2, -0.15) is 5.10 Å². The van der Waals surface area contributed by atoms with Crippen molar-refractivity contribution in [2.24, 2.45) is 7.05 Å². The van der Waals surface area contributed by atoms with Crippen LogP contribution in [-0.2, 0) is 17.3 Å². The van der Waals surface area contributed by atoms with Crippen molar-refractivity contribution in [1.29, 1.82) is 0 Å². The van der Waals surface area contributed by atoms with Gasteiger partial charge in [0.1, 0.15) is 5.41 Å². The van der Waals surface area contributed by atoms with E-state index in [0.717, 1.165) is 22.3 Å². The Hall–Kier alpha value is -1.36. The first-order valence-electron chi connectivity index (χ1n) is 6.66. The number of carboxylic acids is 1. The number of carbonyl (C=O) groups is 1. The molecule has 5 heteroatoms. The Bertz CT molecular complexity index is 650. The van der Waals surface area contributed by atoms with Crippen LogP contribution in [0.1, 0.15) is 49.6 Å². The number of hydrogen-bond acceptors (Lipinski definition) is 3. The third-order valence-electron chi connectivity index (χ3n) is 4.18. The third-order valence-corrected chi connectivity index (χ3v) is 5.62. The van der Waals surface area contributed by atoms with E-state index in [1.807, 2.05) is 11.7 Å². The molecular weight excluding hydrogens is 260 g/mol. The van der Waals surface area contributed by atoms with E-state index in [4.69, 9.17) is 0 Å². The molecule has 0 unspecified atom stereocenters. The van der Waals surface area contributed by atoms with Crippen molar-refractivity contribution in [3.8, 4) is 0 Å². The molecule has 0 amide bonds. The van der Waals surface area contributed by atoms with E-state index in [-0.39, 0.29) is 0 Å². The molecule has 0 atom stereocenters. The number of aryl methyl sites for hydroxylation is 1. The van der Waals surface area contributed by atoms with Gasteiger partial charge in [0.2, 0.25) is 0 Å². The molecule has 4 nitrogen and oxygen atoms in total. The molecule has 19 heavy (non-hydrogen) atoms. The van der Waals surface area contributed by atoms with Crippen molar-refractivity contribution in [3.63, 3.8) is 0 Å². The topological polar surface area (TPSA) is 55.1 Å². The Morgan fingerprint density at radius 2 is 2.21 bits per heavy atom. The van der Waals surface area contributed by atoms with Crippen LogP contribution in [-0.4, -0.2) is 20.9 Å². The first kappa shape index (κ1) is 12.7. The van der Waals surface area contributed by atoms with Gasteiger partial charge in [0.15, 0.2) is 0 Å². The van der Waals surface area contributed by atoms with Crippen LogP contribution in [0, 0.1) is 0 Å². The van der Waals surface area contributed by atoms with Crippen LogP contribution in [0.3, 0.4) is 0 Å². The van der Waals surface area contributed by atoms with E-state index >= 15 is 0 Å². The van der Waals surface area contributed by atoms with Crippen LogP contribution in [0.25, 0.3) is 10.2 Å². The van der Waals surface area contributed by atoms with E-state index in [1.54, 1.807) is 11.3 Å². The van der Waals surface area contributed by atoms with Gasteiger partial charge in [-0.15, -0.1) is 11.3 Å². The number of nitrogens with zero attached hydrogens (tertiary/aromatic N) is 2. The number of carboxylic acid groups (broad SMARTS) is 1. The zero-order valence-corrected chi connectivity index (χ0v) is 12.3. The fraction of sp³-hybridized carbons (Fsp3) is 0.571. The summed E-state index contributed by atoms with van der Waals surface area (Å²) in [5.41, 5.74) is 1.11. The van der Waals surface area contributed by atoms with Gasteiger partial charge in [-0.1, -0.05) is 20.3 Å². The summed E-state index contributed by atoms with van der Waals surface area (Å²) < 4.78 is 2.89. The molecule has 0 spiro atoms.